The van der Waals surface area contributed by atoms with Gasteiger partial charge in [-0.3, -0.25) is 0 Å². The van der Waals surface area contributed by atoms with Gasteiger partial charge in [0.05, 0.1) is 0 Å². The van der Waals surface area contributed by atoms with E-state index in [-0.39, 0.29) is 0 Å². The number of hydrogen-bond acceptors (Lipinski definition) is 0. The molecule has 0 spiro atoms. The Hall–Kier alpha value is -0.520. The molecule has 0 bridgehead atoms. The molecule has 38 heavy (non-hydrogen) atoms. The van der Waals surface area contributed by atoms with E-state index in [2.05, 4.69) is 52.0 Å². The molecule has 0 aliphatic rings. The number of allylic oxidation sites excluding steroid dienone is 4. The van der Waals surface area contributed by atoms with E-state index in [4.69, 9.17) is 0 Å². The van der Waals surface area contributed by atoms with Crippen LogP contribution in [-0.4, -0.2) is 0 Å². The van der Waals surface area contributed by atoms with Gasteiger partial charge in [-0.2, -0.15) is 0 Å². The average Bonchev–Trinajstić information content (AvgIpc) is 2.93. The zero-order chi connectivity index (χ0) is 28.0. The topological polar surface area (TPSA) is 0 Å². The fourth-order valence-electron chi connectivity index (χ4n) is 5.01. The lowest BCUT2D eigenvalue weighted by Crippen LogP contribution is -1.83. The monoisotopic (exact) mass is 533 g/mol. The van der Waals surface area contributed by atoms with Gasteiger partial charge in [0.25, 0.3) is 0 Å². The normalized spacial score (nSPS) is 11.5. The summed E-state index contributed by atoms with van der Waals surface area (Å²) in [5.41, 5.74) is 0. The summed E-state index contributed by atoms with van der Waals surface area (Å²) in [4.78, 5) is 0. The summed E-state index contributed by atoms with van der Waals surface area (Å²) in [6.07, 6.45) is 51.9. The predicted octanol–water partition coefficient (Wildman–Crippen LogP) is 14.9. The lowest BCUT2D eigenvalue weighted by molar-refractivity contribution is 0.536. The molecule has 0 atom stereocenters. The highest BCUT2D eigenvalue weighted by molar-refractivity contribution is 4.81. The highest BCUT2D eigenvalue weighted by atomic mass is 14.0. The van der Waals surface area contributed by atoms with Gasteiger partial charge >= 0.3 is 0 Å². The number of hydrogen-bond donors (Lipinski definition) is 0. The Morgan fingerprint density at radius 1 is 0.211 bits per heavy atom. The standard InChI is InChI=1S/C21H42.C17H34/c1-3-5-7-9-11-13-15-17-19-21-20-18-16-14-12-10-8-6-4-2;1-3-5-7-9-11-13-15-17-16-14-12-10-8-6-4-2/h7,9H,3-6,8,10-21H2,1-2H3;7,9H,3-6,8,10-17H2,1-2H3/b2*9-7+. The van der Waals surface area contributed by atoms with Crippen molar-refractivity contribution < 1.29 is 0 Å². The molecule has 0 aliphatic carbocycles. The smallest absolute Gasteiger partial charge is 0.0351 e. The van der Waals surface area contributed by atoms with Crippen LogP contribution in [0.2, 0.25) is 0 Å². The summed E-state index contributed by atoms with van der Waals surface area (Å²) in [7, 11) is 0. The van der Waals surface area contributed by atoms with Gasteiger partial charge in [-0.15, -0.1) is 0 Å². The zero-order valence-electron chi connectivity index (χ0n) is 27.5. The van der Waals surface area contributed by atoms with Gasteiger partial charge in [0.15, 0.2) is 0 Å². The minimum Gasteiger partial charge on any atom is -0.0885 e. The summed E-state index contributed by atoms with van der Waals surface area (Å²) in [6.45, 7) is 9.07. The predicted molar refractivity (Wildman–Crippen MR) is 179 cm³/mol. The molecule has 0 amide bonds. The van der Waals surface area contributed by atoms with Crippen LogP contribution < -0.4 is 0 Å². The van der Waals surface area contributed by atoms with Gasteiger partial charge in [0, 0.05) is 0 Å². The van der Waals surface area contributed by atoms with Crippen LogP contribution in [0.3, 0.4) is 0 Å². The first-order valence-corrected chi connectivity index (χ1v) is 18.1. The molecule has 0 saturated carbocycles. The summed E-state index contributed by atoms with van der Waals surface area (Å²) in [6, 6.07) is 0. The molecule has 0 heterocycles. The van der Waals surface area contributed by atoms with Crippen LogP contribution in [-0.2, 0) is 0 Å². The summed E-state index contributed by atoms with van der Waals surface area (Å²) >= 11 is 0. The molecule has 0 fully saturated rings. The van der Waals surface area contributed by atoms with Crippen LogP contribution in [0.5, 0.6) is 0 Å². The first-order valence-electron chi connectivity index (χ1n) is 18.1. The fraction of sp³-hybridized carbons (Fsp3) is 0.895. The van der Waals surface area contributed by atoms with Crippen LogP contribution in [0.25, 0.3) is 0 Å². The quantitative estimate of drug-likeness (QED) is 0.0637. The van der Waals surface area contributed by atoms with Crippen molar-refractivity contribution in [2.75, 3.05) is 0 Å². The van der Waals surface area contributed by atoms with E-state index in [9.17, 15) is 0 Å². The lowest BCUT2D eigenvalue weighted by Gasteiger charge is -2.02. The largest absolute Gasteiger partial charge is 0.0885 e. The summed E-state index contributed by atoms with van der Waals surface area (Å²) in [5.74, 6) is 0. The molecule has 0 N–H and O–H groups in total. The van der Waals surface area contributed by atoms with E-state index < -0.39 is 0 Å². The molecule has 0 aliphatic heterocycles. The van der Waals surface area contributed by atoms with Crippen LogP contribution in [0.15, 0.2) is 24.3 Å². The Kier molecular flexibility index (Phi) is 42.7. The third-order valence-corrected chi connectivity index (χ3v) is 7.69. The minimum absolute atomic E-state index is 1.26. The highest BCUT2D eigenvalue weighted by Crippen LogP contribution is 2.14. The van der Waals surface area contributed by atoms with Crippen molar-refractivity contribution in [3.63, 3.8) is 0 Å². The van der Waals surface area contributed by atoms with Crippen molar-refractivity contribution in [3.8, 4) is 0 Å². The Balaban J connectivity index is 0. The molecule has 0 rings (SSSR count). The molecular weight excluding hydrogens is 456 g/mol. The van der Waals surface area contributed by atoms with Crippen LogP contribution in [0.4, 0.5) is 0 Å². The second kappa shape index (κ2) is 41.0. The SMILES string of the molecule is CCC/C=C/CCCCCCCCCCCC.CCC/C=C/CCCCCCCCCCCCCCCC. The Morgan fingerprint density at radius 3 is 0.658 bits per heavy atom. The molecular formula is C38H76. The van der Waals surface area contributed by atoms with Crippen LogP contribution >= 0.6 is 0 Å². The van der Waals surface area contributed by atoms with Crippen molar-refractivity contribution in [1.82, 2.24) is 0 Å². The first-order chi connectivity index (χ1) is 18.8. The van der Waals surface area contributed by atoms with Crippen molar-refractivity contribution in [3.05, 3.63) is 24.3 Å². The van der Waals surface area contributed by atoms with E-state index in [1.165, 1.54) is 193 Å². The van der Waals surface area contributed by atoms with Gasteiger partial charge < -0.3 is 0 Å². The lowest BCUT2D eigenvalue weighted by atomic mass is 10.0. The maximum absolute atomic E-state index is 2.38. The summed E-state index contributed by atoms with van der Waals surface area (Å²) in [5, 5.41) is 0. The molecule has 0 unspecified atom stereocenters. The summed E-state index contributed by atoms with van der Waals surface area (Å²) < 4.78 is 0. The molecule has 0 saturated heterocycles. The molecule has 0 radical (unpaired) electrons. The first kappa shape index (κ1) is 39.6. The number of unbranched alkanes of at least 4 members (excludes halogenated alkanes) is 26. The van der Waals surface area contributed by atoms with Gasteiger partial charge in [-0.1, -0.05) is 206 Å². The zero-order valence-corrected chi connectivity index (χ0v) is 27.5. The van der Waals surface area contributed by atoms with E-state index >= 15 is 0 Å². The third kappa shape index (κ3) is 42.6. The van der Waals surface area contributed by atoms with Crippen LogP contribution in [0.1, 0.15) is 220 Å². The molecule has 228 valence electrons. The maximum Gasteiger partial charge on any atom is -0.0351 e. The van der Waals surface area contributed by atoms with Gasteiger partial charge in [-0.25, -0.2) is 0 Å². The van der Waals surface area contributed by atoms with Gasteiger partial charge in [0.2, 0.25) is 0 Å². The Labute approximate surface area is 244 Å². The van der Waals surface area contributed by atoms with Crippen LogP contribution in [0, 0.1) is 0 Å². The van der Waals surface area contributed by atoms with Crippen molar-refractivity contribution in [2.24, 2.45) is 0 Å². The van der Waals surface area contributed by atoms with Gasteiger partial charge in [0.1, 0.15) is 0 Å². The van der Waals surface area contributed by atoms with E-state index in [0.29, 0.717) is 0 Å². The van der Waals surface area contributed by atoms with E-state index in [0.717, 1.165) is 0 Å². The van der Waals surface area contributed by atoms with E-state index in [1.54, 1.807) is 0 Å². The average molecular weight is 533 g/mol. The fourth-order valence-corrected chi connectivity index (χ4v) is 5.01. The van der Waals surface area contributed by atoms with Gasteiger partial charge in [-0.05, 0) is 38.5 Å². The second-order valence-corrected chi connectivity index (χ2v) is 11.9. The Bertz CT molecular complexity index is 418. The molecule has 0 aromatic heterocycles. The van der Waals surface area contributed by atoms with Crippen molar-refractivity contribution in [2.45, 2.75) is 220 Å². The minimum atomic E-state index is 1.26. The number of rotatable bonds is 30. The molecule has 0 heteroatoms. The third-order valence-electron chi connectivity index (χ3n) is 7.69. The second-order valence-electron chi connectivity index (χ2n) is 11.9. The molecule has 0 aromatic rings. The Morgan fingerprint density at radius 2 is 0.421 bits per heavy atom. The van der Waals surface area contributed by atoms with Crippen molar-refractivity contribution in [1.29, 1.82) is 0 Å². The molecule has 0 aromatic carbocycles. The molecule has 0 nitrogen and oxygen atoms in total. The van der Waals surface area contributed by atoms with Crippen molar-refractivity contribution >= 4 is 0 Å². The highest BCUT2D eigenvalue weighted by Gasteiger charge is 1.94. The maximum atomic E-state index is 2.38. The van der Waals surface area contributed by atoms with E-state index in [1.807, 2.05) is 0 Å².